The van der Waals surface area contributed by atoms with E-state index in [4.69, 9.17) is 4.74 Å². The number of ether oxygens (including phenoxy) is 1. The van der Waals surface area contributed by atoms with E-state index in [1.807, 2.05) is 0 Å². The molecule has 1 fully saturated rings. The lowest BCUT2D eigenvalue weighted by atomic mass is 9.95. The summed E-state index contributed by atoms with van der Waals surface area (Å²) in [5.74, 6) is -2.25. The Morgan fingerprint density at radius 1 is 1.22 bits per heavy atom. The number of likely N-dealkylation sites (tertiary alicyclic amines) is 1. The lowest BCUT2D eigenvalue weighted by Gasteiger charge is -2.31. The molecule has 0 unspecified atom stereocenters. The van der Waals surface area contributed by atoms with Crippen LogP contribution in [-0.4, -0.2) is 41.9 Å². The maximum atomic E-state index is 13.8. The second kappa shape index (κ2) is 8.11. The van der Waals surface area contributed by atoms with Crippen LogP contribution < -0.4 is 10.1 Å². The first-order valence-electron chi connectivity index (χ1n) is 8.54. The molecule has 2 amide bonds. The monoisotopic (exact) mass is 375 g/mol. The van der Waals surface area contributed by atoms with Gasteiger partial charge in [-0.05, 0) is 37.1 Å². The van der Waals surface area contributed by atoms with Crippen LogP contribution in [0.25, 0.3) is 0 Å². The Morgan fingerprint density at radius 3 is 2.63 bits per heavy atom. The van der Waals surface area contributed by atoms with Crippen molar-refractivity contribution in [3.63, 3.8) is 0 Å². The van der Waals surface area contributed by atoms with Crippen molar-refractivity contribution < 1.29 is 23.1 Å². The molecule has 0 radical (unpaired) electrons. The third-order valence-corrected chi connectivity index (χ3v) is 4.54. The maximum Gasteiger partial charge on any atom is 0.256 e. The van der Waals surface area contributed by atoms with E-state index in [1.165, 1.54) is 12.0 Å². The van der Waals surface area contributed by atoms with Crippen molar-refractivity contribution in [2.24, 2.45) is 5.92 Å². The van der Waals surface area contributed by atoms with Crippen LogP contribution in [0, 0.1) is 17.6 Å². The molecule has 1 aromatic heterocycles. The summed E-state index contributed by atoms with van der Waals surface area (Å²) >= 11 is 0. The second-order valence-electron chi connectivity index (χ2n) is 6.24. The predicted molar refractivity (Wildman–Crippen MR) is 94.4 cm³/mol. The van der Waals surface area contributed by atoms with Gasteiger partial charge in [0.1, 0.15) is 17.3 Å². The SMILES string of the molecule is COc1ncccc1NC(=O)C1CCN(C(=O)c2ccc(F)cc2F)CC1. The summed E-state index contributed by atoms with van der Waals surface area (Å²) in [6, 6.07) is 6.27. The number of aromatic nitrogens is 1. The second-order valence-corrected chi connectivity index (χ2v) is 6.24. The van der Waals surface area contributed by atoms with Gasteiger partial charge in [-0.1, -0.05) is 0 Å². The van der Waals surface area contributed by atoms with Gasteiger partial charge in [0.2, 0.25) is 11.8 Å². The Balaban J connectivity index is 1.59. The lowest BCUT2D eigenvalue weighted by Crippen LogP contribution is -2.41. The Hall–Kier alpha value is -3.03. The highest BCUT2D eigenvalue weighted by Crippen LogP contribution is 2.25. The number of benzene rings is 1. The van der Waals surface area contributed by atoms with E-state index in [1.54, 1.807) is 18.3 Å². The van der Waals surface area contributed by atoms with E-state index in [2.05, 4.69) is 10.3 Å². The number of pyridine rings is 1. The van der Waals surface area contributed by atoms with Crippen LogP contribution in [0.15, 0.2) is 36.5 Å². The van der Waals surface area contributed by atoms with Crippen LogP contribution in [0.5, 0.6) is 5.88 Å². The van der Waals surface area contributed by atoms with Crippen LogP contribution in [0.1, 0.15) is 23.2 Å². The number of nitrogens with zero attached hydrogens (tertiary/aromatic N) is 2. The zero-order valence-corrected chi connectivity index (χ0v) is 14.7. The number of hydrogen-bond donors (Lipinski definition) is 1. The predicted octanol–water partition coefficient (Wildman–Crippen LogP) is 2.86. The van der Waals surface area contributed by atoms with Crippen molar-refractivity contribution >= 4 is 17.5 Å². The minimum absolute atomic E-state index is 0.167. The molecule has 1 N–H and O–H groups in total. The normalized spacial score (nSPS) is 14.7. The molecule has 1 aliphatic rings. The van der Waals surface area contributed by atoms with Gasteiger partial charge in [0.05, 0.1) is 12.7 Å². The Morgan fingerprint density at radius 2 is 1.96 bits per heavy atom. The van der Waals surface area contributed by atoms with E-state index in [0.29, 0.717) is 43.6 Å². The van der Waals surface area contributed by atoms with E-state index >= 15 is 0 Å². The van der Waals surface area contributed by atoms with E-state index < -0.39 is 17.5 Å². The molecular formula is C19H19F2N3O3. The van der Waals surface area contributed by atoms with E-state index in [-0.39, 0.29) is 17.4 Å². The number of anilines is 1. The standard InChI is InChI=1S/C19H19F2N3O3/c1-27-18-16(3-2-8-22-18)23-17(25)12-6-9-24(10-7-12)19(26)14-5-4-13(20)11-15(14)21/h2-5,8,11-12H,6-7,9-10H2,1H3,(H,23,25). The maximum absolute atomic E-state index is 13.8. The van der Waals surface area contributed by atoms with Gasteiger partial charge in [-0.3, -0.25) is 9.59 Å². The highest BCUT2D eigenvalue weighted by molar-refractivity contribution is 5.96. The number of carbonyl (C=O) groups is 2. The van der Waals surface area contributed by atoms with Crippen LogP contribution in [0.3, 0.4) is 0 Å². The smallest absolute Gasteiger partial charge is 0.256 e. The number of amides is 2. The van der Waals surface area contributed by atoms with Gasteiger partial charge in [-0.15, -0.1) is 0 Å². The van der Waals surface area contributed by atoms with Crippen molar-refractivity contribution in [2.75, 3.05) is 25.5 Å². The van der Waals surface area contributed by atoms with E-state index in [0.717, 1.165) is 12.1 Å². The Labute approximate surface area is 155 Å². The molecule has 0 atom stereocenters. The summed E-state index contributed by atoms with van der Waals surface area (Å²) in [5.41, 5.74) is 0.316. The first kappa shape index (κ1) is 18.8. The quantitative estimate of drug-likeness (QED) is 0.892. The van der Waals surface area contributed by atoms with Crippen LogP contribution in [0.2, 0.25) is 0 Å². The molecule has 0 spiro atoms. The molecule has 1 aliphatic heterocycles. The van der Waals surface area contributed by atoms with Gasteiger partial charge in [0, 0.05) is 31.3 Å². The third kappa shape index (κ3) is 4.21. The largest absolute Gasteiger partial charge is 0.480 e. The molecule has 142 valence electrons. The zero-order chi connectivity index (χ0) is 19.4. The molecule has 0 aliphatic carbocycles. The minimum Gasteiger partial charge on any atom is -0.480 e. The van der Waals surface area contributed by atoms with Gasteiger partial charge in [-0.2, -0.15) is 0 Å². The molecule has 0 saturated carbocycles. The molecule has 27 heavy (non-hydrogen) atoms. The number of carbonyl (C=O) groups excluding carboxylic acids is 2. The first-order chi connectivity index (χ1) is 13.0. The highest BCUT2D eigenvalue weighted by Gasteiger charge is 2.29. The van der Waals surface area contributed by atoms with Crippen LogP contribution >= 0.6 is 0 Å². The summed E-state index contributed by atoms with van der Waals surface area (Å²) in [7, 11) is 1.47. The Bertz CT molecular complexity index is 852. The molecule has 2 heterocycles. The van der Waals surface area contributed by atoms with Crippen molar-refractivity contribution in [3.05, 3.63) is 53.7 Å². The minimum atomic E-state index is -0.886. The fourth-order valence-electron chi connectivity index (χ4n) is 3.06. The van der Waals surface area contributed by atoms with Crippen molar-refractivity contribution in [3.8, 4) is 5.88 Å². The molecule has 2 aromatic rings. The summed E-state index contributed by atoms with van der Waals surface area (Å²) in [6.45, 7) is 0.635. The average Bonchev–Trinajstić information content (AvgIpc) is 2.68. The van der Waals surface area contributed by atoms with Gasteiger partial charge in [0.25, 0.3) is 5.91 Å². The van der Waals surface area contributed by atoms with Gasteiger partial charge < -0.3 is 15.0 Å². The fourth-order valence-corrected chi connectivity index (χ4v) is 3.06. The first-order valence-corrected chi connectivity index (χ1v) is 8.54. The van der Waals surface area contributed by atoms with Gasteiger partial charge in [0.15, 0.2) is 0 Å². The fraction of sp³-hybridized carbons (Fsp3) is 0.316. The highest BCUT2D eigenvalue weighted by atomic mass is 19.1. The number of hydrogen-bond acceptors (Lipinski definition) is 4. The molecule has 1 saturated heterocycles. The Kier molecular flexibility index (Phi) is 5.63. The number of halogens is 2. The van der Waals surface area contributed by atoms with Crippen LogP contribution in [-0.2, 0) is 4.79 Å². The van der Waals surface area contributed by atoms with Crippen molar-refractivity contribution in [1.29, 1.82) is 0 Å². The lowest BCUT2D eigenvalue weighted by molar-refractivity contribution is -0.121. The van der Waals surface area contributed by atoms with Gasteiger partial charge in [-0.25, -0.2) is 13.8 Å². The van der Waals surface area contributed by atoms with Crippen LogP contribution in [0.4, 0.5) is 14.5 Å². The molecule has 0 bridgehead atoms. The molecule has 3 rings (SSSR count). The van der Waals surface area contributed by atoms with Gasteiger partial charge >= 0.3 is 0 Å². The average molecular weight is 375 g/mol. The van der Waals surface area contributed by atoms with E-state index in [9.17, 15) is 18.4 Å². The zero-order valence-electron chi connectivity index (χ0n) is 14.7. The molecule has 1 aromatic carbocycles. The topological polar surface area (TPSA) is 71.5 Å². The molecule has 6 nitrogen and oxygen atoms in total. The summed E-state index contributed by atoms with van der Waals surface area (Å²) in [6.07, 6.45) is 2.46. The molecular weight excluding hydrogens is 356 g/mol. The summed E-state index contributed by atoms with van der Waals surface area (Å²) in [5, 5.41) is 2.79. The number of piperidine rings is 1. The number of methoxy groups -OCH3 is 1. The third-order valence-electron chi connectivity index (χ3n) is 4.54. The van der Waals surface area contributed by atoms with Crippen molar-refractivity contribution in [1.82, 2.24) is 9.88 Å². The summed E-state index contributed by atoms with van der Waals surface area (Å²) in [4.78, 5) is 30.4. The van der Waals surface area contributed by atoms with Crippen molar-refractivity contribution in [2.45, 2.75) is 12.8 Å². The summed E-state index contributed by atoms with van der Waals surface area (Å²) < 4.78 is 31.9. The molecule has 8 heteroatoms. The number of rotatable bonds is 4. The number of nitrogens with one attached hydrogen (secondary N) is 1.